The SMILES string of the molecule is Cc1cc(Cl)ccc1S(=O)(=O)NC(CC1CCOC1)C(=O)O. The molecule has 1 fully saturated rings. The highest BCUT2D eigenvalue weighted by molar-refractivity contribution is 7.89. The van der Waals surface area contributed by atoms with Crippen LogP contribution < -0.4 is 4.72 Å². The molecule has 1 aliphatic heterocycles. The van der Waals surface area contributed by atoms with Crippen LogP contribution in [0.5, 0.6) is 0 Å². The smallest absolute Gasteiger partial charge is 0.321 e. The summed E-state index contributed by atoms with van der Waals surface area (Å²) in [6, 6.07) is 3.18. The first kappa shape index (κ1) is 17.2. The van der Waals surface area contributed by atoms with Crippen molar-refractivity contribution in [2.75, 3.05) is 13.2 Å². The first-order valence-electron chi connectivity index (χ1n) is 6.88. The summed E-state index contributed by atoms with van der Waals surface area (Å²) < 4.78 is 32.3. The Morgan fingerprint density at radius 2 is 2.27 bits per heavy atom. The third-order valence-electron chi connectivity index (χ3n) is 3.62. The van der Waals surface area contributed by atoms with Gasteiger partial charge in [0, 0.05) is 18.2 Å². The molecule has 1 aliphatic rings. The van der Waals surface area contributed by atoms with Crippen molar-refractivity contribution in [3.8, 4) is 0 Å². The number of nitrogens with one attached hydrogen (secondary N) is 1. The fraction of sp³-hybridized carbons (Fsp3) is 0.500. The zero-order valence-electron chi connectivity index (χ0n) is 12.1. The minimum absolute atomic E-state index is 0.0332. The quantitative estimate of drug-likeness (QED) is 0.818. The highest BCUT2D eigenvalue weighted by Gasteiger charge is 2.30. The van der Waals surface area contributed by atoms with Crippen LogP contribution in [0.2, 0.25) is 5.02 Å². The molecule has 0 saturated carbocycles. The van der Waals surface area contributed by atoms with E-state index in [1.54, 1.807) is 6.92 Å². The van der Waals surface area contributed by atoms with Gasteiger partial charge in [-0.05, 0) is 49.4 Å². The van der Waals surface area contributed by atoms with E-state index in [2.05, 4.69) is 4.72 Å². The molecule has 8 heteroatoms. The lowest BCUT2D eigenvalue weighted by atomic mass is 10.00. The van der Waals surface area contributed by atoms with Gasteiger partial charge in [-0.1, -0.05) is 11.6 Å². The molecule has 1 aromatic carbocycles. The van der Waals surface area contributed by atoms with E-state index in [0.29, 0.717) is 23.8 Å². The monoisotopic (exact) mass is 347 g/mol. The van der Waals surface area contributed by atoms with Gasteiger partial charge < -0.3 is 9.84 Å². The molecular weight excluding hydrogens is 330 g/mol. The maximum absolute atomic E-state index is 12.4. The van der Waals surface area contributed by atoms with E-state index >= 15 is 0 Å². The van der Waals surface area contributed by atoms with Gasteiger partial charge in [0.2, 0.25) is 10.0 Å². The predicted octanol–water partition coefficient (Wildman–Crippen LogP) is 1.81. The van der Waals surface area contributed by atoms with Gasteiger partial charge in [0.25, 0.3) is 0 Å². The van der Waals surface area contributed by atoms with Crippen molar-refractivity contribution < 1.29 is 23.1 Å². The molecule has 1 heterocycles. The van der Waals surface area contributed by atoms with E-state index < -0.39 is 22.0 Å². The van der Waals surface area contributed by atoms with Crippen LogP contribution in [-0.2, 0) is 19.6 Å². The second-order valence-corrected chi connectivity index (χ2v) is 7.51. The largest absolute Gasteiger partial charge is 0.480 e. The van der Waals surface area contributed by atoms with Crippen LogP contribution in [0.1, 0.15) is 18.4 Å². The number of aryl methyl sites for hydroxylation is 1. The Labute approximate surface area is 134 Å². The maximum Gasteiger partial charge on any atom is 0.321 e. The van der Waals surface area contributed by atoms with E-state index in [9.17, 15) is 18.3 Å². The third kappa shape index (κ3) is 4.19. The summed E-state index contributed by atoms with van der Waals surface area (Å²) in [6.45, 7) is 2.66. The summed E-state index contributed by atoms with van der Waals surface area (Å²) >= 11 is 5.81. The highest BCUT2D eigenvalue weighted by Crippen LogP contribution is 2.22. The minimum Gasteiger partial charge on any atom is -0.480 e. The molecule has 2 rings (SSSR count). The molecule has 0 bridgehead atoms. The molecule has 0 spiro atoms. The summed E-state index contributed by atoms with van der Waals surface area (Å²) in [5.41, 5.74) is 0.466. The van der Waals surface area contributed by atoms with Crippen LogP contribution in [0.4, 0.5) is 0 Å². The topological polar surface area (TPSA) is 92.7 Å². The number of carboxylic acid groups (broad SMARTS) is 1. The zero-order chi connectivity index (χ0) is 16.3. The lowest BCUT2D eigenvalue weighted by Gasteiger charge is -2.18. The molecule has 2 unspecified atom stereocenters. The number of aliphatic carboxylic acids is 1. The molecule has 0 aliphatic carbocycles. The molecule has 2 N–H and O–H groups in total. The molecule has 0 amide bonds. The number of hydrogen-bond donors (Lipinski definition) is 2. The number of rotatable bonds is 6. The maximum atomic E-state index is 12.4. The molecule has 1 saturated heterocycles. The Bertz CT molecular complexity index is 655. The minimum atomic E-state index is -3.92. The van der Waals surface area contributed by atoms with Gasteiger partial charge in [-0.25, -0.2) is 8.42 Å². The number of carbonyl (C=O) groups is 1. The van der Waals surface area contributed by atoms with E-state index in [1.165, 1.54) is 18.2 Å². The van der Waals surface area contributed by atoms with E-state index in [4.69, 9.17) is 16.3 Å². The van der Waals surface area contributed by atoms with Gasteiger partial charge >= 0.3 is 5.97 Å². The number of hydrogen-bond acceptors (Lipinski definition) is 4. The molecule has 2 atom stereocenters. The molecule has 0 aromatic heterocycles. The van der Waals surface area contributed by atoms with Crippen LogP contribution in [0.25, 0.3) is 0 Å². The van der Waals surface area contributed by atoms with Crippen molar-refractivity contribution in [2.45, 2.75) is 30.7 Å². The van der Waals surface area contributed by atoms with Crippen molar-refractivity contribution >= 4 is 27.6 Å². The van der Waals surface area contributed by atoms with Crippen LogP contribution in [0, 0.1) is 12.8 Å². The van der Waals surface area contributed by atoms with Gasteiger partial charge in [0.1, 0.15) is 6.04 Å². The average Bonchev–Trinajstić information content (AvgIpc) is 2.90. The van der Waals surface area contributed by atoms with Gasteiger partial charge in [-0.3, -0.25) is 4.79 Å². The second kappa shape index (κ2) is 6.95. The van der Waals surface area contributed by atoms with Crippen LogP contribution >= 0.6 is 11.6 Å². The predicted molar refractivity (Wildman–Crippen MR) is 81.5 cm³/mol. The van der Waals surface area contributed by atoms with Crippen LogP contribution in [0.3, 0.4) is 0 Å². The summed E-state index contributed by atoms with van der Waals surface area (Å²) in [7, 11) is -3.92. The van der Waals surface area contributed by atoms with Gasteiger partial charge in [0.15, 0.2) is 0 Å². The molecule has 6 nitrogen and oxygen atoms in total. The first-order valence-corrected chi connectivity index (χ1v) is 8.75. The van der Waals surface area contributed by atoms with Gasteiger partial charge in [-0.2, -0.15) is 4.72 Å². The Morgan fingerprint density at radius 3 is 2.82 bits per heavy atom. The van der Waals surface area contributed by atoms with E-state index in [0.717, 1.165) is 6.42 Å². The molecule has 22 heavy (non-hydrogen) atoms. The summed E-state index contributed by atoms with van der Waals surface area (Å²) in [5, 5.41) is 9.69. The third-order valence-corrected chi connectivity index (χ3v) is 5.48. The fourth-order valence-electron chi connectivity index (χ4n) is 2.47. The lowest BCUT2D eigenvalue weighted by molar-refractivity contribution is -0.139. The average molecular weight is 348 g/mol. The second-order valence-electron chi connectivity index (χ2n) is 5.39. The Balaban J connectivity index is 2.18. The number of sulfonamides is 1. The highest BCUT2D eigenvalue weighted by atomic mass is 35.5. The van der Waals surface area contributed by atoms with Crippen LogP contribution in [0.15, 0.2) is 23.1 Å². The normalized spacial score (nSPS) is 20.0. The molecule has 1 aromatic rings. The first-order chi connectivity index (χ1) is 10.3. The van der Waals surface area contributed by atoms with Crippen molar-refractivity contribution in [2.24, 2.45) is 5.92 Å². The molecule has 0 radical (unpaired) electrons. The summed E-state index contributed by atoms with van der Waals surface area (Å²) in [6.07, 6.45) is 0.951. The number of benzene rings is 1. The van der Waals surface area contributed by atoms with Crippen LogP contribution in [-0.4, -0.2) is 38.7 Å². The van der Waals surface area contributed by atoms with Gasteiger partial charge in [0.05, 0.1) is 4.90 Å². The number of halogens is 1. The van der Waals surface area contributed by atoms with Gasteiger partial charge in [-0.15, -0.1) is 0 Å². The van der Waals surface area contributed by atoms with E-state index in [1.807, 2.05) is 0 Å². The lowest BCUT2D eigenvalue weighted by Crippen LogP contribution is -2.42. The summed E-state index contributed by atoms with van der Waals surface area (Å²) in [5.74, 6) is -1.14. The number of carboxylic acids is 1. The van der Waals surface area contributed by atoms with Crippen molar-refractivity contribution in [3.05, 3.63) is 28.8 Å². The van der Waals surface area contributed by atoms with Crippen molar-refractivity contribution in [1.29, 1.82) is 0 Å². The molecular formula is C14H18ClNO5S. The Morgan fingerprint density at radius 1 is 1.55 bits per heavy atom. The van der Waals surface area contributed by atoms with Crippen molar-refractivity contribution in [1.82, 2.24) is 4.72 Å². The Kier molecular flexibility index (Phi) is 5.44. The summed E-state index contributed by atoms with van der Waals surface area (Å²) in [4.78, 5) is 11.4. The standard InChI is InChI=1S/C14H18ClNO5S/c1-9-6-11(15)2-3-13(9)22(19,20)16-12(14(17)18)7-10-4-5-21-8-10/h2-3,6,10,12,16H,4-5,7-8H2,1H3,(H,17,18). The van der Waals surface area contributed by atoms with E-state index in [-0.39, 0.29) is 17.2 Å². The Hall–Kier alpha value is -1.15. The fourth-order valence-corrected chi connectivity index (χ4v) is 4.12. The number of ether oxygens (including phenoxy) is 1. The molecule has 122 valence electrons. The van der Waals surface area contributed by atoms with Crippen molar-refractivity contribution in [3.63, 3.8) is 0 Å². The zero-order valence-corrected chi connectivity index (χ0v) is 13.7.